The Bertz CT molecular complexity index is 1660. The van der Waals surface area contributed by atoms with Crippen LogP contribution in [0.3, 0.4) is 0 Å². The van der Waals surface area contributed by atoms with E-state index in [1.165, 1.54) is 12.1 Å². The number of aromatic nitrogens is 3. The lowest BCUT2D eigenvalue weighted by atomic mass is 9.60. The quantitative estimate of drug-likeness (QED) is 0.303. The molecule has 2 aromatic carbocycles. The Morgan fingerprint density at radius 3 is 2.53 bits per heavy atom. The predicted octanol–water partition coefficient (Wildman–Crippen LogP) is 6.38. The van der Waals surface area contributed by atoms with Gasteiger partial charge in [-0.3, -0.25) is 9.55 Å². The molecule has 0 amide bonds. The number of sulfone groups is 1. The fraction of sp³-hybridized carbons (Fsp3) is 0.226. The number of benzene rings is 2. The number of halogens is 1. The molecule has 0 unspecified atom stereocenters. The number of imidazole rings is 1. The SMILES string of the molecule is C=C(c1ccccn1)[C@]12Cc3ncn(-c4ccc(F)cc4)c3C=C1CC[C@H](S(=O)(=O)c1ccc(C)cc1)C2. The molecule has 0 spiro atoms. The Morgan fingerprint density at radius 1 is 1.05 bits per heavy atom. The summed E-state index contributed by atoms with van der Waals surface area (Å²) in [6.07, 6.45) is 7.71. The van der Waals surface area contributed by atoms with Crippen LogP contribution in [0.2, 0.25) is 0 Å². The van der Waals surface area contributed by atoms with Gasteiger partial charge in [0.05, 0.1) is 33.6 Å². The summed E-state index contributed by atoms with van der Waals surface area (Å²) in [4.78, 5) is 9.67. The monoisotopic (exact) mass is 525 g/mol. The molecule has 192 valence electrons. The normalized spacial score (nSPS) is 20.8. The second-order valence-corrected chi connectivity index (χ2v) is 12.5. The predicted molar refractivity (Wildman–Crippen MR) is 147 cm³/mol. The lowest BCUT2D eigenvalue weighted by molar-refractivity contribution is 0.354. The molecule has 0 aliphatic heterocycles. The van der Waals surface area contributed by atoms with Crippen LogP contribution in [0, 0.1) is 18.2 Å². The van der Waals surface area contributed by atoms with E-state index in [0.717, 1.165) is 39.5 Å². The standard InChI is InChI=1S/C31H28FN3O2S/c1-21-6-13-26(14-7-21)38(36,37)27-15-8-23-17-30-29(34-20-35(30)25-11-9-24(32)10-12-25)19-31(23,18-27)22(2)28-5-3-4-16-33-28/h3-7,9-14,16-17,20,27H,2,8,15,18-19H2,1H3/t27-,31-/m0/s1. The van der Waals surface area contributed by atoms with Crippen LogP contribution in [-0.2, 0) is 16.3 Å². The Kier molecular flexibility index (Phi) is 5.91. The first kappa shape index (κ1) is 24.5. The van der Waals surface area contributed by atoms with Gasteiger partial charge in [-0.05, 0) is 86.4 Å². The minimum absolute atomic E-state index is 0.292. The highest BCUT2D eigenvalue weighted by Gasteiger charge is 2.49. The molecular weight excluding hydrogens is 497 g/mol. The third-order valence-electron chi connectivity index (χ3n) is 8.04. The van der Waals surface area contributed by atoms with Gasteiger partial charge in [0.25, 0.3) is 0 Å². The van der Waals surface area contributed by atoms with Crippen molar-refractivity contribution < 1.29 is 12.8 Å². The molecule has 2 atom stereocenters. The largest absolute Gasteiger partial charge is 0.299 e. The highest BCUT2D eigenvalue weighted by atomic mass is 32.2. The van der Waals surface area contributed by atoms with E-state index < -0.39 is 20.5 Å². The van der Waals surface area contributed by atoms with Gasteiger partial charge < -0.3 is 0 Å². The van der Waals surface area contributed by atoms with Gasteiger partial charge in [-0.2, -0.15) is 0 Å². The van der Waals surface area contributed by atoms with Gasteiger partial charge in [-0.1, -0.05) is 35.9 Å². The van der Waals surface area contributed by atoms with E-state index in [0.29, 0.717) is 30.6 Å². The zero-order chi connectivity index (χ0) is 26.5. The fourth-order valence-electron chi connectivity index (χ4n) is 5.91. The van der Waals surface area contributed by atoms with Crippen molar-refractivity contribution in [2.45, 2.75) is 42.8 Å². The van der Waals surface area contributed by atoms with E-state index >= 15 is 0 Å². The molecule has 5 nitrogen and oxygen atoms in total. The van der Waals surface area contributed by atoms with Crippen molar-refractivity contribution >= 4 is 21.5 Å². The van der Waals surface area contributed by atoms with Gasteiger partial charge >= 0.3 is 0 Å². The lowest BCUT2D eigenvalue weighted by Crippen LogP contribution is -2.41. The number of rotatable bonds is 5. The van der Waals surface area contributed by atoms with Gasteiger partial charge in [-0.15, -0.1) is 0 Å². The summed E-state index contributed by atoms with van der Waals surface area (Å²) < 4.78 is 43.2. The summed E-state index contributed by atoms with van der Waals surface area (Å²) in [5.74, 6) is -0.292. The van der Waals surface area contributed by atoms with Gasteiger partial charge in [0, 0.05) is 23.7 Å². The number of nitrogens with zero attached hydrogens (tertiary/aromatic N) is 3. The number of aryl methyl sites for hydroxylation is 1. The zero-order valence-electron chi connectivity index (χ0n) is 21.1. The number of hydrogen-bond acceptors (Lipinski definition) is 4. The molecule has 6 rings (SSSR count). The van der Waals surface area contributed by atoms with Crippen molar-refractivity contribution in [3.8, 4) is 5.69 Å². The highest BCUT2D eigenvalue weighted by molar-refractivity contribution is 7.92. The van der Waals surface area contributed by atoms with Crippen LogP contribution < -0.4 is 0 Å². The maximum atomic E-state index is 13.8. The second-order valence-electron chi connectivity index (χ2n) is 10.3. The Hall–Kier alpha value is -3.84. The fourth-order valence-corrected chi connectivity index (χ4v) is 7.74. The molecule has 7 heteroatoms. The van der Waals surface area contributed by atoms with Gasteiger partial charge in [0.15, 0.2) is 9.84 Å². The number of fused-ring (bicyclic) bond motifs is 2. The third-order valence-corrected chi connectivity index (χ3v) is 10.2. The van der Waals surface area contributed by atoms with Crippen molar-refractivity contribution in [1.82, 2.24) is 14.5 Å². The van der Waals surface area contributed by atoms with Crippen LogP contribution in [0.15, 0.2) is 96.3 Å². The molecule has 2 aliphatic carbocycles. The van der Waals surface area contributed by atoms with E-state index in [9.17, 15) is 12.8 Å². The van der Waals surface area contributed by atoms with E-state index in [-0.39, 0.29) is 5.82 Å². The number of hydrogen-bond donors (Lipinski definition) is 0. The summed E-state index contributed by atoms with van der Waals surface area (Å²) >= 11 is 0. The van der Waals surface area contributed by atoms with Gasteiger partial charge in [0.2, 0.25) is 0 Å². The first-order chi connectivity index (χ1) is 18.3. The molecule has 38 heavy (non-hydrogen) atoms. The average molecular weight is 526 g/mol. The minimum Gasteiger partial charge on any atom is -0.299 e. The average Bonchev–Trinajstić information content (AvgIpc) is 3.34. The van der Waals surface area contributed by atoms with Crippen LogP contribution >= 0.6 is 0 Å². The maximum absolute atomic E-state index is 13.8. The molecule has 0 saturated heterocycles. The molecule has 1 fully saturated rings. The third kappa shape index (κ3) is 4.02. The van der Waals surface area contributed by atoms with E-state index in [1.54, 1.807) is 36.8 Å². The van der Waals surface area contributed by atoms with Gasteiger partial charge in [-0.25, -0.2) is 17.8 Å². The summed E-state index contributed by atoms with van der Waals surface area (Å²) in [6, 6.07) is 19.2. The first-order valence-corrected chi connectivity index (χ1v) is 14.3. The summed E-state index contributed by atoms with van der Waals surface area (Å²) in [5.41, 5.74) is 5.74. The molecule has 0 N–H and O–H groups in total. The highest BCUT2D eigenvalue weighted by Crippen LogP contribution is 2.55. The summed E-state index contributed by atoms with van der Waals surface area (Å²) in [5, 5.41) is -0.552. The Balaban J connectivity index is 1.45. The Morgan fingerprint density at radius 2 is 1.82 bits per heavy atom. The van der Waals surface area contributed by atoms with Crippen molar-refractivity contribution in [1.29, 1.82) is 0 Å². The topological polar surface area (TPSA) is 64.8 Å². The van der Waals surface area contributed by atoms with Crippen LogP contribution in [0.5, 0.6) is 0 Å². The number of allylic oxidation sites excluding steroid dienone is 2. The Labute approximate surface area is 222 Å². The zero-order valence-corrected chi connectivity index (χ0v) is 22.0. The van der Waals surface area contributed by atoms with Crippen LogP contribution in [-0.4, -0.2) is 28.2 Å². The van der Waals surface area contributed by atoms with Gasteiger partial charge in [0.1, 0.15) is 5.82 Å². The van der Waals surface area contributed by atoms with Crippen molar-refractivity contribution in [3.05, 3.63) is 120 Å². The second kappa shape index (κ2) is 9.17. The maximum Gasteiger partial charge on any atom is 0.181 e. The van der Waals surface area contributed by atoms with Crippen molar-refractivity contribution in [2.75, 3.05) is 0 Å². The van der Waals surface area contributed by atoms with E-state index in [2.05, 4.69) is 17.6 Å². The molecule has 1 saturated carbocycles. The van der Waals surface area contributed by atoms with Crippen LogP contribution in [0.25, 0.3) is 17.3 Å². The summed E-state index contributed by atoms with van der Waals surface area (Å²) in [7, 11) is -3.55. The lowest BCUT2D eigenvalue weighted by Gasteiger charge is -2.46. The summed E-state index contributed by atoms with van der Waals surface area (Å²) in [6.45, 7) is 6.45. The number of pyridine rings is 1. The van der Waals surface area contributed by atoms with E-state index in [1.807, 2.05) is 41.8 Å². The van der Waals surface area contributed by atoms with Crippen LogP contribution in [0.4, 0.5) is 4.39 Å². The van der Waals surface area contributed by atoms with Crippen molar-refractivity contribution in [3.63, 3.8) is 0 Å². The molecule has 0 radical (unpaired) electrons. The molecule has 4 aromatic rings. The van der Waals surface area contributed by atoms with Crippen LogP contribution in [0.1, 0.15) is 41.9 Å². The molecule has 2 heterocycles. The molecule has 2 aliphatic rings. The minimum atomic E-state index is -3.55. The molecular formula is C31H28FN3O2S. The molecule has 2 aromatic heterocycles. The van der Waals surface area contributed by atoms with E-state index in [4.69, 9.17) is 4.98 Å². The molecule has 0 bridgehead atoms. The first-order valence-electron chi connectivity index (χ1n) is 12.7. The smallest absolute Gasteiger partial charge is 0.181 e. The van der Waals surface area contributed by atoms with Crippen molar-refractivity contribution in [2.24, 2.45) is 5.41 Å².